The number of hydrogen-bond donors (Lipinski definition) is 0. The number of rotatable bonds is 5. The van der Waals surface area contributed by atoms with Crippen LogP contribution in [0.2, 0.25) is 0 Å². The molecule has 170 valence electrons. The van der Waals surface area contributed by atoms with Crippen molar-refractivity contribution in [2.24, 2.45) is 7.05 Å². The van der Waals surface area contributed by atoms with Crippen molar-refractivity contribution in [3.63, 3.8) is 0 Å². The van der Waals surface area contributed by atoms with Gasteiger partial charge in [0.25, 0.3) is 5.56 Å². The number of carbonyl (C=O) groups is 1. The Hall–Kier alpha value is -2.49. The predicted molar refractivity (Wildman–Crippen MR) is 137 cm³/mol. The molecule has 5 rings (SSSR count). The van der Waals surface area contributed by atoms with Crippen molar-refractivity contribution in [3.8, 4) is 0 Å². The molecule has 1 aromatic carbocycles. The van der Waals surface area contributed by atoms with Crippen LogP contribution in [0.15, 0.2) is 33.5 Å². The maximum atomic E-state index is 13.0. The largest absolute Gasteiger partial charge is 0.290 e. The van der Waals surface area contributed by atoms with E-state index in [1.165, 1.54) is 33.5 Å². The van der Waals surface area contributed by atoms with Crippen LogP contribution < -0.4 is 10.5 Å². The number of thiophene rings is 1. The van der Waals surface area contributed by atoms with Crippen LogP contribution in [0.5, 0.6) is 0 Å². The first kappa shape index (κ1) is 22.3. The molecule has 0 spiro atoms. The van der Waals surface area contributed by atoms with Gasteiger partial charge in [-0.15, -0.1) is 22.7 Å². The van der Waals surface area contributed by atoms with Gasteiger partial charge in [0.1, 0.15) is 4.83 Å². The smallest absolute Gasteiger partial charge is 0.262 e. The van der Waals surface area contributed by atoms with E-state index in [-0.39, 0.29) is 11.5 Å². The molecule has 0 saturated heterocycles. The first-order valence-electron chi connectivity index (χ1n) is 10.8. The van der Waals surface area contributed by atoms with Crippen LogP contribution in [0, 0.1) is 13.8 Å². The van der Waals surface area contributed by atoms with E-state index in [1.54, 1.807) is 34.8 Å². The van der Waals surface area contributed by atoms with Crippen LogP contribution in [0.3, 0.4) is 0 Å². The number of amides is 1. The number of fused-ring (bicyclic) bond motifs is 3. The lowest BCUT2D eigenvalue weighted by atomic mass is 10.1. The highest BCUT2D eigenvalue weighted by Crippen LogP contribution is 2.36. The Bertz CT molecular complexity index is 1450. The number of aryl methyl sites for hydroxylation is 4. The van der Waals surface area contributed by atoms with E-state index in [0.717, 1.165) is 52.0 Å². The standard InChI is InChI=1S/C24H24N4O2S3/c1-13-8-9-18(14(2)10-13)28(15(3)29)24-25-16(12-32-24)11-31-23-26-21-20(22(30)27(23)4)17-6-5-7-19(17)33-21/h8-10,12H,5-7,11H2,1-4H3. The van der Waals surface area contributed by atoms with Crippen molar-refractivity contribution < 1.29 is 4.79 Å². The van der Waals surface area contributed by atoms with Crippen LogP contribution in [0.4, 0.5) is 10.8 Å². The summed E-state index contributed by atoms with van der Waals surface area (Å²) in [5.41, 5.74) is 5.15. The molecule has 0 atom stereocenters. The second-order valence-corrected chi connectivity index (χ2v) is 11.2. The zero-order chi connectivity index (χ0) is 23.3. The first-order chi connectivity index (χ1) is 15.8. The number of carbonyl (C=O) groups excluding carboxylic acids is 1. The number of thioether (sulfide) groups is 1. The molecule has 0 aliphatic heterocycles. The molecule has 0 saturated carbocycles. The Morgan fingerprint density at radius 3 is 2.82 bits per heavy atom. The highest BCUT2D eigenvalue weighted by molar-refractivity contribution is 7.98. The summed E-state index contributed by atoms with van der Waals surface area (Å²) in [6.07, 6.45) is 3.16. The van der Waals surface area contributed by atoms with Crippen LogP contribution in [-0.2, 0) is 30.4 Å². The predicted octanol–water partition coefficient (Wildman–Crippen LogP) is 5.53. The number of thiazole rings is 1. The monoisotopic (exact) mass is 496 g/mol. The Labute approximate surface area is 204 Å². The molecule has 0 fully saturated rings. The van der Waals surface area contributed by atoms with Crippen molar-refractivity contribution in [1.29, 1.82) is 0 Å². The molecule has 33 heavy (non-hydrogen) atoms. The molecule has 1 aliphatic rings. The third-order valence-electron chi connectivity index (χ3n) is 5.89. The van der Waals surface area contributed by atoms with E-state index < -0.39 is 0 Å². The molecule has 6 nitrogen and oxygen atoms in total. The fourth-order valence-corrected chi connectivity index (χ4v) is 7.45. The second kappa shape index (κ2) is 8.70. The minimum Gasteiger partial charge on any atom is -0.290 e. The third kappa shape index (κ3) is 4.02. The fourth-order valence-electron chi connectivity index (χ4n) is 4.30. The summed E-state index contributed by atoms with van der Waals surface area (Å²) in [5, 5.41) is 4.12. The molecule has 1 aliphatic carbocycles. The molecule has 0 unspecified atom stereocenters. The normalized spacial score (nSPS) is 13.0. The number of hydrogen-bond acceptors (Lipinski definition) is 7. The van der Waals surface area contributed by atoms with Gasteiger partial charge < -0.3 is 0 Å². The summed E-state index contributed by atoms with van der Waals surface area (Å²) in [6, 6.07) is 6.04. The van der Waals surface area contributed by atoms with E-state index in [4.69, 9.17) is 9.97 Å². The molecular formula is C24H24N4O2S3. The fraction of sp³-hybridized carbons (Fsp3) is 0.333. The Morgan fingerprint density at radius 2 is 2.06 bits per heavy atom. The molecule has 3 aromatic heterocycles. The van der Waals surface area contributed by atoms with Crippen molar-refractivity contribution in [2.75, 3.05) is 4.90 Å². The van der Waals surface area contributed by atoms with Crippen LogP contribution in [0.1, 0.15) is 40.6 Å². The van der Waals surface area contributed by atoms with Gasteiger partial charge in [0.15, 0.2) is 10.3 Å². The second-order valence-electron chi connectivity index (χ2n) is 8.35. The molecule has 0 radical (unpaired) electrons. The summed E-state index contributed by atoms with van der Waals surface area (Å²) in [7, 11) is 1.79. The lowest BCUT2D eigenvalue weighted by Gasteiger charge is -2.20. The summed E-state index contributed by atoms with van der Waals surface area (Å²) >= 11 is 4.61. The topological polar surface area (TPSA) is 68.1 Å². The van der Waals surface area contributed by atoms with E-state index in [0.29, 0.717) is 16.0 Å². The maximum absolute atomic E-state index is 13.0. The van der Waals surface area contributed by atoms with E-state index in [1.807, 2.05) is 31.4 Å². The summed E-state index contributed by atoms with van der Waals surface area (Å²) in [4.78, 5) is 38.9. The van der Waals surface area contributed by atoms with Gasteiger partial charge in [-0.25, -0.2) is 9.97 Å². The summed E-state index contributed by atoms with van der Waals surface area (Å²) in [6.45, 7) is 5.60. The molecule has 9 heteroatoms. The lowest BCUT2D eigenvalue weighted by Crippen LogP contribution is -2.23. The molecule has 1 amide bonds. The average Bonchev–Trinajstić information content (AvgIpc) is 3.47. The summed E-state index contributed by atoms with van der Waals surface area (Å²) < 4.78 is 1.66. The summed E-state index contributed by atoms with van der Waals surface area (Å²) in [5.74, 6) is 0.502. The number of benzene rings is 1. The number of anilines is 2. The number of aromatic nitrogens is 3. The number of nitrogens with zero attached hydrogens (tertiary/aromatic N) is 4. The SMILES string of the molecule is CC(=O)N(c1nc(CSc2nc3sc4c(c3c(=O)n2C)CCC4)cs1)c1ccc(C)cc1C. The van der Waals surface area contributed by atoms with Gasteiger partial charge in [-0.1, -0.05) is 29.5 Å². The van der Waals surface area contributed by atoms with Gasteiger partial charge in [0.05, 0.1) is 16.8 Å². The van der Waals surface area contributed by atoms with Gasteiger partial charge in [-0.3, -0.25) is 19.1 Å². The third-order valence-corrected chi connectivity index (χ3v) is 9.02. The van der Waals surface area contributed by atoms with Crippen molar-refractivity contribution >= 4 is 61.4 Å². The zero-order valence-corrected chi connectivity index (χ0v) is 21.4. The van der Waals surface area contributed by atoms with Gasteiger partial charge >= 0.3 is 0 Å². The van der Waals surface area contributed by atoms with Crippen LogP contribution in [0.25, 0.3) is 10.2 Å². The average molecular weight is 497 g/mol. The van der Waals surface area contributed by atoms with Crippen molar-refractivity contribution in [2.45, 2.75) is 50.9 Å². The van der Waals surface area contributed by atoms with E-state index in [9.17, 15) is 9.59 Å². The first-order valence-corrected chi connectivity index (χ1v) is 13.5. The quantitative estimate of drug-likeness (QED) is 0.268. The van der Waals surface area contributed by atoms with Crippen LogP contribution >= 0.6 is 34.4 Å². The van der Waals surface area contributed by atoms with Gasteiger partial charge in [0, 0.05) is 30.0 Å². The van der Waals surface area contributed by atoms with Crippen LogP contribution in [-0.4, -0.2) is 20.4 Å². The lowest BCUT2D eigenvalue weighted by molar-refractivity contribution is -0.115. The van der Waals surface area contributed by atoms with E-state index in [2.05, 4.69) is 6.07 Å². The molecular weight excluding hydrogens is 472 g/mol. The highest BCUT2D eigenvalue weighted by Gasteiger charge is 2.23. The molecule has 0 N–H and O–H groups in total. The van der Waals surface area contributed by atoms with Gasteiger partial charge in [-0.05, 0) is 50.3 Å². The van der Waals surface area contributed by atoms with Gasteiger partial charge in [-0.2, -0.15) is 0 Å². The molecule has 4 aromatic rings. The zero-order valence-electron chi connectivity index (χ0n) is 19.0. The minimum atomic E-state index is -0.0734. The highest BCUT2D eigenvalue weighted by atomic mass is 32.2. The van der Waals surface area contributed by atoms with Gasteiger partial charge in [0.2, 0.25) is 5.91 Å². The maximum Gasteiger partial charge on any atom is 0.262 e. The Balaban J connectivity index is 1.40. The van der Waals surface area contributed by atoms with E-state index >= 15 is 0 Å². The van der Waals surface area contributed by atoms with Crippen molar-refractivity contribution in [1.82, 2.24) is 14.5 Å². The minimum absolute atomic E-state index is 0.0402. The Kier molecular flexibility index (Phi) is 5.88. The Morgan fingerprint density at radius 1 is 1.24 bits per heavy atom. The molecule has 3 heterocycles. The van der Waals surface area contributed by atoms with Crippen molar-refractivity contribution in [3.05, 3.63) is 61.2 Å². The molecule has 0 bridgehead atoms.